The third-order valence-electron chi connectivity index (χ3n) is 2.79. The molecule has 0 spiro atoms. The maximum Gasteiger partial charge on any atom is 0.161 e. The molecule has 0 bridgehead atoms. The summed E-state index contributed by atoms with van der Waals surface area (Å²) in [7, 11) is 0. The van der Waals surface area contributed by atoms with Crippen LogP contribution in [0.2, 0.25) is 5.02 Å². The van der Waals surface area contributed by atoms with E-state index in [-0.39, 0.29) is 0 Å². The molecule has 1 aromatic rings. The van der Waals surface area contributed by atoms with Crippen LogP contribution in [0.1, 0.15) is 25.8 Å². The zero-order valence-corrected chi connectivity index (χ0v) is 12.6. The van der Waals surface area contributed by atoms with Crippen LogP contribution in [0.5, 0.6) is 0 Å². The molecule has 0 aromatic heterocycles. The molecule has 1 unspecified atom stereocenters. The molecule has 0 saturated heterocycles. The molecule has 0 radical (unpaired) electrons. The van der Waals surface area contributed by atoms with Crippen molar-refractivity contribution in [1.29, 1.82) is 5.26 Å². The van der Waals surface area contributed by atoms with Crippen LogP contribution in [0.25, 0.3) is 0 Å². The summed E-state index contributed by atoms with van der Waals surface area (Å²) in [5.74, 6) is 0.691. The van der Waals surface area contributed by atoms with Crippen molar-refractivity contribution in [3.8, 4) is 6.07 Å². The number of rotatable bonds is 3. The Morgan fingerprint density at radius 2 is 2.37 bits per heavy atom. The minimum absolute atomic E-state index is 0.467. The Morgan fingerprint density at radius 3 is 3.00 bits per heavy atom. The first kappa shape index (κ1) is 14.2. The second kappa shape index (κ2) is 6.31. The van der Waals surface area contributed by atoms with Crippen molar-refractivity contribution in [3.05, 3.63) is 28.8 Å². The highest BCUT2D eigenvalue weighted by molar-refractivity contribution is 8.15. The molecule has 1 aromatic carbocycles. The first-order chi connectivity index (χ1) is 9.08. The minimum atomic E-state index is 0.467. The number of nitriles is 1. The summed E-state index contributed by atoms with van der Waals surface area (Å²) < 4.78 is 0. The molecule has 0 aliphatic carbocycles. The van der Waals surface area contributed by atoms with Crippen molar-refractivity contribution in [2.45, 2.75) is 25.5 Å². The lowest BCUT2D eigenvalue weighted by Crippen LogP contribution is -2.09. The van der Waals surface area contributed by atoms with Gasteiger partial charge in [0, 0.05) is 10.9 Å². The largest absolute Gasteiger partial charge is 0.335 e. The highest BCUT2D eigenvalue weighted by Gasteiger charge is 2.20. The monoisotopic (exact) mass is 293 g/mol. The predicted molar refractivity (Wildman–Crippen MR) is 82.9 cm³/mol. The van der Waals surface area contributed by atoms with Gasteiger partial charge >= 0.3 is 0 Å². The SMILES string of the molecule is CC(C)CC1CN=C(Nc2ccc(C#N)c(Cl)c2)S1. The quantitative estimate of drug-likeness (QED) is 0.911. The Hall–Kier alpha value is -1.18. The average Bonchev–Trinajstić information content (AvgIpc) is 2.76. The van der Waals surface area contributed by atoms with E-state index in [2.05, 4.69) is 24.2 Å². The van der Waals surface area contributed by atoms with Crippen molar-refractivity contribution in [2.75, 3.05) is 11.9 Å². The molecular weight excluding hydrogens is 278 g/mol. The Balaban J connectivity index is 1.96. The number of benzene rings is 1. The Bertz CT molecular complexity index is 534. The number of nitrogens with zero attached hydrogens (tertiary/aromatic N) is 2. The lowest BCUT2D eigenvalue weighted by atomic mass is 10.1. The fourth-order valence-electron chi connectivity index (χ4n) is 1.94. The molecule has 0 fully saturated rings. The van der Waals surface area contributed by atoms with Crippen LogP contribution in [0, 0.1) is 17.2 Å². The summed E-state index contributed by atoms with van der Waals surface area (Å²) in [4.78, 5) is 4.50. The van der Waals surface area contributed by atoms with Crippen LogP contribution >= 0.6 is 23.4 Å². The molecule has 3 nitrogen and oxygen atoms in total. The van der Waals surface area contributed by atoms with E-state index in [0.717, 1.165) is 17.4 Å². The van der Waals surface area contributed by atoms with Gasteiger partial charge in [0.05, 0.1) is 17.1 Å². The topological polar surface area (TPSA) is 48.2 Å². The van der Waals surface area contributed by atoms with Gasteiger partial charge in [-0.2, -0.15) is 5.26 Å². The number of halogens is 1. The van der Waals surface area contributed by atoms with E-state index in [1.165, 1.54) is 6.42 Å². The molecule has 1 atom stereocenters. The van der Waals surface area contributed by atoms with Gasteiger partial charge in [0.2, 0.25) is 0 Å². The van der Waals surface area contributed by atoms with Crippen molar-refractivity contribution in [1.82, 2.24) is 0 Å². The van der Waals surface area contributed by atoms with Crippen molar-refractivity contribution in [2.24, 2.45) is 10.9 Å². The summed E-state index contributed by atoms with van der Waals surface area (Å²) in [5.41, 5.74) is 1.37. The second-order valence-corrected chi connectivity index (χ2v) is 6.64. The summed E-state index contributed by atoms with van der Waals surface area (Å²) in [5, 5.41) is 14.1. The highest BCUT2D eigenvalue weighted by Crippen LogP contribution is 2.28. The lowest BCUT2D eigenvalue weighted by Gasteiger charge is -2.11. The summed E-state index contributed by atoms with van der Waals surface area (Å²) >= 11 is 7.78. The lowest BCUT2D eigenvalue weighted by molar-refractivity contribution is 0.575. The molecule has 1 heterocycles. The van der Waals surface area contributed by atoms with Gasteiger partial charge < -0.3 is 5.32 Å². The van der Waals surface area contributed by atoms with E-state index >= 15 is 0 Å². The molecule has 0 amide bonds. The number of hydrogen-bond donors (Lipinski definition) is 1. The second-order valence-electron chi connectivity index (χ2n) is 4.95. The number of nitrogens with one attached hydrogen (secondary N) is 1. The maximum absolute atomic E-state index is 8.83. The summed E-state index contributed by atoms with van der Waals surface area (Å²) in [6.45, 7) is 5.33. The average molecular weight is 294 g/mol. The van der Waals surface area contributed by atoms with E-state index in [4.69, 9.17) is 16.9 Å². The zero-order valence-electron chi connectivity index (χ0n) is 11.0. The molecule has 1 aliphatic rings. The van der Waals surface area contributed by atoms with Gasteiger partial charge in [-0.1, -0.05) is 37.2 Å². The van der Waals surface area contributed by atoms with Gasteiger partial charge in [0.25, 0.3) is 0 Å². The Kier molecular flexibility index (Phi) is 4.73. The standard InChI is InChI=1S/C14H16ClN3S/c1-9(2)5-12-8-17-14(19-12)18-11-4-3-10(7-16)13(15)6-11/h3-4,6,9,12H,5,8H2,1-2H3,(H,17,18). The van der Waals surface area contributed by atoms with Crippen LogP contribution < -0.4 is 5.32 Å². The number of thioether (sulfide) groups is 1. The van der Waals surface area contributed by atoms with Gasteiger partial charge in [-0.25, -0.2) is 0 Å². The predicted octanol–water partition coefficient (Wildman–Crippen LogP) is 4.14. The molecule has 1 N–H and O–H groups in total. The number of amidine groups is 1. The first-order valence-electron chi connectivity index (χ1n) is 6.26. The molecular formula is C14H16ClN3S. The van der Waals surface area contributed by atoms with E-state index < -0.39 is 0 Å². The summed E-state index contributed by atoms with van der Waals surface area (Å²) in [6.07, 6.45) is 1.17. The smallest absolute Gasteiger partial charge is 0.161 e. The van der Waals surface area contributed by atoms with Gasteiger partial charge in [-0.3, -0.25) is 4.99 Å². The minimum Gasteiger partial charge on any atom is -0.335 e. The normalized spacial score (nSPS) is 18.3. The van der Waals surface area contributed by atoms with Crippen molar-refractivity contribution >= 4 is 34.2 Å². The van der Waals surface area contributed by atoms with Gasteiger partial charge in [0.1, 0.15) is 6.07 Å². The fourth-order valence-corrected chi connectivity index (χ4v) is 3.44. The molecule has 19 heavy (non-hydrogen) atoms. The maximum atomic E-state index is 8.83. The van der Waals surface area contributed by atoms with Gasteiger partial charge in [-0.15, -0.1) is 0 Å². The molecule has 0 saturated carbocycles. The van der Waals surface area contributed by atoms with Crippen molar-refractivity contribution < 1.29 is 0 Å². The fraction of sp³-hybridized carbons (Fsp3) is 0.429. The number of anilines is 1. The Morgan fingerprint density at radius 1 is 1.58 bits per heavy atom. The number of hydrogen-bond acceptors (Lipinski definition) is 4. The van der Waals surface area contributed by atoms with E-state index in [0.29, 0.717) is 21.8 Å². The zero-order chi connectivity index (χ0) is 13.8. The Labute approximate surface area is 123 Å². The third kappa shape index (κ3) is 3.89. The first-order valence-corrected chi connectivity index (χ1v) is 7.52. The van der Waals surface area contributed by atoms with Gasteiger partial charge in [0.15, 0.2) is 5.17 Å². The molecule has 2 rings (SSSR count). The van der Waals surface area contributed by atoms with Crippen LogP contribution in [0.15, 0.2) is 23.2 Å². The van der Waals surface area contributed by atoms with E-state index in [1.807, 2.05) is 12.1 Å². The third-order valence-corrected chi connectivity index (χ3v) is 4.23. The molecule has 5 heteroatoms. The molecule has 1 aliphatic heterocycles. The van der Waals surface area contributed by atoms with Crippen LogP contribution in [0.3, 0.4) is 0 Å². The van der Waals surface area contributed by atoms with Gasteiger partial charge in [-0.05, 0) is 30.5 Å². The van der Waals surface area contributed by atoms with Crippen LogP contribution in [-0.4, -0.2) is 17.0 Å². The van der Waals surface area contributed by atoms with Crippen LogP contribution in [0.4, 0.5) is 5.69 Å². The van der Waals surface area contributed by atoms with Crippen molar-refractivity contribution in [3.63, 3.8) is 0 Å². The van der Waals surface area contributed by atoms with E-state index in [1.54, 1.807) is 23.9 Å². The van der Waals surface area contributed by atoms with Crippen LogP contribution in [-0.2, 0) is 0 Å². The number of aliphatic imine (C=N–C) groups is 1. The molecule has 100 valence electrons. The van der Waals surface area contributed by atoms with E-state index in [9.17, 15) is 0 Å². The summed E-state index contributed by atoms with van der Waals surface area (Å²) in [6, 6.07) is 7.38. The highest BCUT2D eigenvalue weighted by atomic mass is 35.5.